The molecular weight excluding hydrogens is 184 g/mol. The van der Waals surface area contributed by atoms with Gasteiger partial charge >= 0.3 is 0 Å². The maximum Gasteiger partial charge on any atom is 0.0724 e. The van der Waals surface area contributed by atoms with Gasteiger partial charge in [0, 0.05) is 0 Å². The molecule has 1 heteroatoms. The molecule has 0 aliphatic heterocycles. The van der Waals surface area contributed by atoms with Gasteiger partial charge in [-0.1, -0.05) is 30.7 Å². The Hall–Kier alpha value is -0.560. The maximum atomic E-state index is 9.64. The molecule has 3 unspecified atom stereocenters. The van der Waals surface area contributed by atoms with Crippen molar-refractivity contribution < 1.29 is 5.11 Å². The predicted molar refractivity (Wildman–Crippen MR) is 63.6 cm³/mol. The first-order valence-electron chi connectivity index (χ1n) is 6.06. The van der Waals surface area contributed by atoms with Crippen LogP contribution in [0.15, 0.2) is 23.8 Å². The summed E-state index contributed by atoms with van der Waals surface area (Å²) in [6.07, 6.45) is 7.62. The zero-order chi connectivity index (χ0) is 11.1. The van der Waals surface area contributed by atoms with Crippen LogP contribution < -0.4 is 0 Å². The molecule has 0 bridgehead atoms. The van der Waals surface area contributed by atoms with Crippen LogP contribution in [-0.4, -0.2) is 11.2 Å². The average Bonchev–Trinajstić information content (AvgIpc) is 2.18. The molecule has 84 valence electrons. The highest BCUT2D eigenvalue weighted by Crippen LogP contribution is 2.50. The second kappa shape index (κ2) is 3.79. The summed E-state index contributed by atoms with van der Waals surface area (Å²) in [5.41, 5.74) is 3.18. The molecule has 2 aliphatic rings. The summed E-state index contributed by atoms with van der Waals surface area (Å²) >= 11 is 0. The first kappa shape index (κ1) is 10.9. The van der Waals surface area contributed by atoms with E-state index in [0.29, 0.717) is 11.3 Å². The first-order chi connectivity index (χ1) is 7.01. The van der Waals surface area contributed by atoms with Crippen molar-refractivity contribution in [2.24, 2.45) is 11.3 Å². The minimum atomic E-state index is -0.186. The van der Waals surface area contributed by atoms with Crippen molar-refractivity contribution in [1.82, 2.24) is 0 Å². The molecular formula is C14H22O. The second-order valence-corrected chi connectivity index (χ2v) is 5.64. The van der Waals surface area contributed by atoms with Crippen LogP contribution in [0.4, 0.5) is 0 Å². The van der Waals surface area contributed by atoms with Crippen molar-refractivity contribution in [2.75, 3.05) is 0 Å². The predicted octanol–water partition coefficient (Wildman–Crippen LogP) is 3.45. The Morgan fingerprint density at radius 2 is 2.27 bits per heavy atom. The van der Waals surface area contributed by atoms with E-state index in [-0.39, 0.29) is 6.10 Å². The fourth-order valence-corrected chi connectivity index (χ4v) is 3.16. The van der Waals surface area contributed by atoms with Gasteiger partial charge in [0.1, 0.15) is 0 Å². The quantitative estimate of drug-likeness (QED) is 0.651. The molecule has 2 aliphatic carbocycles. The molecule has 1 fully saturated rings. The smallest absolute Gasteiger partial charge is 0.0724 e. The van der Waals surface area contributed by atoms with Crippen LogP contribution in [0.25, 0.3) is 0 Å². The normalized spacial score (nSPS) is 40.6. The van der Waals surface area contributed by atoms with E-state index in [1.807, 2.05) is 0 Å². The van der Waals surface area contributed by atoms with Crippen LogP contribution in [0, 0.1) is 11.3 Å². The van der Waals surface area contributed by atoms with E-state index >= 15 is 0 Å². The number of rotatable bonds is 1. The van der Waals surface area contributed by atoms with E-state index < -0.39 is 0 Å². The standard InChI is InChI=1S/C14H22O/c1-10(2)11-4-5-12-8-13(15)6-7-14(12,3)9-11/h8,11,13,15H,1,4-7,9H2,2-3H3. The molecule has 0 aromatic carbocycles. The lowest BCUT2D eigenvalue weighted by Gasteiger charge is -2.44. The number of fused-ring (bicyclic) bond motifs is 1. The summed E-state index contributed by atoms with van der Waals surface area (Å²) in [7, 11) is 0. The van der Waals surface area contributed by atoms with Gasteiger partial charge in [0.2, 0.25) is 0 Å². The molecule has 0 aromatic rings. The van der Waals surface area contributed by atoms with Gasteiger partial charge in [-0.3, -0.25) is 0 Å². The Morgan fingerprint density at radius 3 is 2.93 bits per heavy atom. The van der Waals surface area contributed by atoms with Gasteiger partial charge in [0.15, 0.2) is 0 Å². The van der Waals surface area contributed by atoms with Gasteiger partial charge in [-0.2, -0.15) is 0 Å². The van der Waals surface area contributed by atoms with Crippen LogP contribution in [0.5, 0.6) is 0 Å². The van der Waals surface area contributed by atoms with Gasteiger partial charge in [-0.15, -0.1) is 0 Å². The highest BCUT2D eigenvalue weighted by molar-refractivity contribution is 5.23. The van der Waals surface area contributed by atoms with Crippen LogP contribution in [-0.2, 0) is 0 Å². The highest BCUT2D eigenvalue weighted by atomic mass is 16.3. The molecule has 0 aromatic heterocycles. The number of hydrogen-bond donors (Lipinski definition) is 1. The Kier molecular flexibility index (Phi) is 2.76. The minimum absolute atomic E-state index is 0.186. The van der Waals surface area contributed by atoms with Crippen molar-refractivity contribution in [3.05, 3.63) is 23.8 Å². The molecule has 0 spiro atoms. The topological polar surface area (TPSA) is 20.2 Å². The van der Waals surface area contributed by atoms with Gasteiger partial charge in [0.25, 0.3) is 0 Å². The zero-order valence-corrected chi connectivity index (χ0v) is 9.92. The lowest BCUT2D eigenvalue weighted by atomic mass is 9.62. The van der Waals surface area contributed by atoms with E-state index in [0.717, 1.165) is 19.3 Å². The number of aliphatic hydroxyl groups excluding tert-OH is 1. The summed E-state index contributed by atoms with van der Waals surface area (Å²) in [4.78, 5) is 0. The van der Waals surface area contributed by atoms with E-state index in [2.05, 4.69) is 26.5 Å². The molecule has 0 amide bonds. The van der Waals surface area contributed by atoms with Crippen molar-refractivity contribution in [2.45, 2.75) is 52.1 Å². The summed E-state index contributed by atoms with van der Waals surface area (Å²) in [6, 6.07) is 0. The van der Waals surface area contributed by atoms with Gasteiger partial charge in [0.05, 0.1) is 6.10 Å². The molecule has 0 heterocycles. The SMILES string of the molecule is C=C(C)C1CCC2=CC(O)CCC2(C)C1. The molecule has 15 heavy (non-hydrogen) atoms. The molecule has 0 radical (unpaired) electrons. The van der Waals surface area contributed by atoms with Gasteiger partial charge in [-0.05, 0) is 50.4 Å². The largest absolute Gasteiger partial charge is 0.389 e. The molecule has 3 atom stereocenters. The summed E-state index contributed by atoms with van der Waals surface area (Å²) in [5.74, 6) is 0.697. The van der Waals surface area contributed by atoms with E-state index in [9.17, 15) is 5.11 Å². The average molecular weight is 206 g/mol. The van der Waals surface area contributed by atoms with Crippen LogP contribution in [0.2, 0.25) is 0 Å². The molecule has 2 rings (SSSR count). The zero-order valence-electron chi connectivity index (χ0n) is 9.92. The Labute approximate surface area is 92.9 Å². The van der Waals surface area contributed by atoms with Gasteiger partial charge < -0.3 is 5.11 Å². The van der Waals surface area contributed by atoms with Crippen LogP contribution in [0.3, 0.4) is 0 Å². The Bertz CT molecular complexity index is 302. The first-order valence-corrected chi connectivity index (χ1v) is 6.06. The van der Waals surface area contributed by atoms with Crippen molar-refractivity contribution in [3.8, 4) is 0 Å². The fourth-order valence-electron chi connectivity index (χ4n) is 3.16. The highest BCUT2D eigenvalue weighted by Gasteiger charge is 2.38. The lowest BCUT2D eigenvalue weighted by Crippen LogP contribution is -2.33. The van der Waals surface area contributed by atoms with E-state index in [1.165, 1.54) is 24.0 Å². The number of allylic oxidation sites excluding steroid dienone is 2. The lowest BCUT2D eigenvalue weighted by molar-refractivity contribution is 0.140. The monoisotopic (exact) mass is 206 g/mol. The van der Waals surface area contributed by atoms with Crippen molar-refractivity contribution in [1.29, 1.82) is 0 Å². The third kappa shape index (κ3) is 2.03. The number of hydrogen-bond acceptors (Lipinski definition) is 1. The second-order valence-electron chi connectivity index (χ2n) is 5.64. The molecule has 1 N–H and O–H groups in total. The molecule has 1 nitrogen and oxygen atoms in total. The van der Waals surface area contributed by atoms with Gasteiger partial charge in [-0.25, -0.2) is 0 Å². The summed E-state index contributed by atoms with van der Waals surface area (Å²) in [6.45, 7) is 8.61. The van der Waals surface area contributed by atoms with Crippen molar-refractivity contribution in [3.63, 3.8) is 0 Å². The minimum Gasteiger partial charge on any atom is -0.389 e. The van der Waals surface area contributed by atoms with Crippen LogP contribution in [0.1, 0.15) is 46.0 Å². The third-order valence-electron chi connectivity index (χ3n) is 4.32. The summed E-state index contributed by atoms with van der Waals surface area (Å²) < 4.78 is 0. The Balaban J connectivity index is 2.19. The maximum absolute atomic E-state index is 9.64. The molecule has 0 saturated heterocycles. The number of aliphatic hydroxyl groups is 1. The van der Waals surface area contributed by atoms with Crippen LogP contribution >= 0.6 is 0 Å². The molecule has 1 saturated carbocycles. The van der Waals surface area contributed by atoms with Crippen molar-refractivity contribution >= 4 is 0 Å². The summed E-state index contributed by atoms with van der Waals surface area (Å²) in [5, 5.41) is 9.64. The van der Waals surface area contributed by atoms with E-state index in [1.54, 1.807) is 0 Å². The third-order valence-corrected chi connectivity index (χ3v) is 4.32. The fraction of sp³-hybridized carbons (Fsp3) is 0.714. The Morgan fingerprint density at radius 1 is 1.53 bits per heavy atom. The van der Waals surface area contributed by atoms with E-state index in [4.69, 9.17) is 0 Å².